The average Bonchev–Trinajstić information content (AvgIpc) is 2.75. The van der Waals surface area contributed by atoms with Crippen LogP contribution in [-0.2, 0) is 11.2 Å². The zero-order valence-corrected chi connectivity index (χ0v) is 17.8. The molecule has 3 rings (SSSR count). The molecule has 0 fully saturated rings. The van der Waals surface area contributed by atoms with Gasteiger partial charge in [-0.15, -0.1) is 0 Å². The van der Waals surface area contributed by atoms with Gasteiger partial charge in [-0.2, -0.15) is 0 Å². The van der Waals surface area contributed by atoms with Gasteiger partial charge in [0.1, 0.15) is 5.75 Å². The van der Waals surface area contributed by atoms with Crippen molar-refractivity contribution in [2.75, 3.05) is 0 Å². The number of hydrogen-bond donors (Lipinski definition) is 3. The van der Waals surface area contributed by atoms with Crippen LogP contribution >= 0.6 is 11.6 Å². The maximum absolute atomic E-state index is 12.4. The highest BCUT2D eigenvalue weighted by atomic mass is 35.5. The van der Waals surface area contributed by atoms with Gasteiger partial charge >= 0.3 is 11.9 Å². The zero-order valence-electron chi connectivity index (χ0n) is 17.0. The smallest absolute Gasteiger partial charge is 0.343 e. The van der Waals surface area contributed by atoms with E-state index in [4.69, 9.17) is 16.3 Å². The van der Waals surface area contributed by atoms with Gasteiger partial charge in [0.2, 0.25) is 0 Å². The topological polar surface area (TPSA) is 116 Å². The van der Waals surface area contributed by atoms with Crippen LogP contribution in [0.2, 0.25) is 5.02 Å². The van der Waals surface area contributed by atoms with Crippen molar-refractivity contribution in [1.82, 2.24) is 0 Å². The van der Waals surface area contributed by atoms with Crippen LogP contribution in [0.5, 0.6) is 17.2 Å². The van der Waals surface area contributed by atoms with Gasteiger partial charge in [0, 0.05) is 29.3 Å². The number of phenolic OH excluding ortho intramolecular Hbond substituents is 2. The molecule has 3 N–H and O–H groups in total. The maximum Gasteiger partial charge on any atom is 0.343 e. The van der Waals surface area contributed by atoms with Crippen molar-refractivity contribution in [3.8, 4) is 17.2 Å². The van der Waals surface area contributed by atoms with Crippen LogP contribution in [0.1, 0.15) is 27.0 Å². The number of carboxylic acid groups (broad SMARTS) is 1. The standard InChI is InChI=1S/C24H20ClNO6/c1-14-3-2-4-16(9-14)24(31)32-21-12-18(25)11-17(22(21)28)13-26-20(23(29)30)10-15-5-7-19(27)8-6-15/h2-9,11-13,20,27-28H,10H2,1H3,(H,29,30). The Morgan fingerprint density at radius 2 is 1.81 bits per heavy atom. The normalized spacial score (nSPS) is 11.9. The van der Waals surface area contributed by atoms with Gasteiger partial charge in [-0.25, -0.2) is 9.59 Å². The van der Waals surface area contributed by atoms with Crippen LogP contribution in [0.15, 0.2) is 65.7 Å². The monoisotopic (exact) mass is 453 g/mol. The average molecular weight is 454 g/mol. The van der Waals surface area contributed by atoms with E-state index >= 15 is 0 Å². The third-order valence-corrected chi connectivity index (χ3v) is 4.79. The minimum absolute atomic E-state index is 0.0701. The van der Waals surface area contributed by atoms with Crippen LogP contribution in [-0.4, -0.2) is 39.5 Å². The molecule has 0 aliphatic heterocycles. The SMILES string of the molecule is Cc1cccc(C(=O)Oc2cc(Cl)cc(C=NC(Cc3ccc(O)cc3)C(=O)O)c2O)c1. The molecule has 0 heterocycles. The summed E-state index contributed by atoms with van der Waals surface area (Å²) in [6, 6.07) is 14.4. The number of nitrogens with zero attached hydrogens (tertiary/aromatic N) is 1. The summed E-state index contributed by atoms with van der Waals surface area (Å²) < 4.78 is 5.29. The van der Waals surface area contributed by atoms with Crippen molar-refractivity contribution < 1.29 is 29.6 Å². The number of benzene rings is 3. The lowest BCUT2D eigenvalue weighted by atomic mass is 10.1. The van der Waals surface area contributed by atoms with Crippen LogP contribution in [0, 0.1) is 6.92 Å². The summed E-state index contributed by atoms with van der Waals surface area (Å²) in [6.07, 6.45) is 1.24. The Kier molecular flexibility index (Phi) is 7.12. The predicted octanol–water partition coefficient (Wildman–Crippen LogP) is 4.39. The summed E-state index contributed by atoms with van der Waals surface area (Å²) in [5.74, 6) is -2.34. The predicted molar refractivity (Wildman–Crippen MR) is 120 cm³/mol. The van der Waals surface area contributed by atoms with Gasteiger partial charge in [0.05, 0.1) is 5.56 Å². The number of carbonyl (C=O) groups excluding carboxylic acids is 1. The summed E-state index contributed by atoms with van der Waals surface area (Å²) in [5, 5.41) is 29.6. The molecule has 7 nitrogen and oxygen atoms in total. The first-order chi connectivity index (χ1) is 15.2. The van der Waals surface area contributed by atoms with Crippen molar-refractivity contribution in [3.63, 3.8) is 0 Å². The number of phenols is 2. The number of hydrogen-bond acceptors (Lipinski definition) is 6. The summed E-state index contributed by atoms with van der Waals surface area (Å²) in [6.45, 7) is 1.83. The van der Waals surface area contributed by atoms with Crippen LogP contribution in [0.4, 0.5) is 0 Å². The second kappa shape index (κ2) is 9.98. The van der Waals surface area contributed by atoms with E-state index in [1.54, 1.807) is 30.3 Å². The van der Waals surface area contributed by atoms with Crippen molar-refractivity contribution >= 4 is 29.8 Å². The number of halogens is 1. The molecule has 0 aliphatic rings. The molecule has 32 heavy (non-hydrogen) atoms. The van der Waals surface area contributed by atoms with Crippen molar-refractivity contribution in [2.24, 2.45) is 4.99 Å². The number of aromatic hydroxyl groups is 2. The Hall–Kier alpha value is -3.84. The Morgan fingerprint density at radius 3 is 2.47 bits per heavy atom. The van der Waals surface area contributed by atoms with Gasteiger partial charge in [-0.3, -0.25) is 4.99 Å². The highest BCUT2D eigenvalue weighted by Gasteiger charge is 2.18. The molecule has 164 valence electrons. The molecule has 0 aromatic heterocycles. The third-order valence-electron chi connectivity index (χ3n) is 4.57. The van der Waals surface area contributed by atoms with E-state index < -0.39 is 23.7 Å². The summed E-state index contributed by atoms with van der Waals surface area (Å²) in [7, 11) is 0. The molecule has 0 spiro atoms. The molecular formula is C24H20ClNO6. The first kappa shape index (κ1) is 22.8. The highest BCUT2D eigenvalue weighted by molar-refractivity contribution is 6.31. The maximum atomic E-state index is 12.4. The van der Waals surface area contributed by atoms with E-state index in [1.165, 1.54) is 30.5 Å². The van der Waals surface area contributed by atoms with Crippen molar-refractivity contribution in [1.29, 1.82) is 0 Å². The van der Waals surface area contributed by atoms with Crippen LogP contribution in [0.25, 0.3) is 0 Å². The van der Waals surface area contributed by atoms with Gasteiger partial charge in [0.15, 0.2) is 17.5 Å². The lowest BCUT2D eigenvalue weighted by Crippen LogP contribution is -2.21. The number of carbonyl (C=O) groups is 2. The van der Waals surface area contributed by atoms with Gasteiger partial charge in [0.25, 0.3) is 0 Å². The molecule has 0 saturated heterocycles. The Bertz CT molecular complexity index is 1170. The van der Waals surface area contributed by atoms with Crippen molar-refractivity contribution in [3.05, 3.63) is 87.9 Å². The number of aliphatic imine (C=N–C) groups is 1. The minimum atomic E-state index is -1.16. The number of aliphatic carboxylic acids is 1. The molecule has 3 aromatic carbocycles. The van der Waals surface area contributed by atoms with Crippen molar-refractivity contribution in [2.45, 2.75) is 19.4 Å². The first-order valence-electron chi connectivity index (χ1n) is 9.58. The molecule has 0 radical (unpaired) electrons. The third kappa shape index (κ3) is 5.86. The highest BCUT2D eigenvalue weighted by Crippen LogP contribution is 2.33. The molecule has 0 aliphatic carbocycles. The minimum Gasteiger partial charge on any atom is -0.508 e. The Labute approximate surface area is 189 Å². The molecule has 0 amide bonds. The molecule has 8 heteroatoms. The van der Waals surface area contributed by atoms with E-state index in [-0.39, 0.29) is 28.5 Å². The number of rotatable bonds is 7. The van der Waals surface area contributed by atoms with E-state index in [2.05, 4.69) is 4.99 Å². The summed E-state index contributed by atoms with van der Waals surface area (Å²) in [5.41, 5.74) is 1.94. The van der Waals surface area contributed by atoms with E-state index in [0.717, 1.165) is 5.56 Å². The van der Waals surface area contributed by atoms with Gasteiger partial charge in [-0.05, 0) is 42.8 Å². The fourth-order valence-corrected chi connectivity index (χ4v) is 3.15. The lowest BCUT2D eigenvalue weighted by molar-refractivity contribution is -0.138. The number of carboxylic acids is 1. The fourth-order valence-electron chi connectivity index (χ4n) is 2.93. The second-order valence-corrected chi connectivity index (χ2v) is 7.54. The first-order valence-corrected chi connectivity index (χ1v) is 9.96. The number of aryl methyl sites for hydroxylation is 1. The molecule has 3 aromatic rings. The van der Waals surface area contributed by atoms with Crippen LogP contribution < -0.4 is 4.74 Å². The summed E-state index contributed by atoms with van der Waals surface area (Å²) >= 11 is 6.10. The number of ether oxygens (including phenoxy) is 1. The van der Waals surface area contributed by atoms with E-state index in [0.29, 0.717) is 11.1 Å². The molecule has 1 unspecified atom stereocenters. The Balaban J connectivity index is 1.83. The van der Waals surface area contributed by atoms with Crippen LogP contribution in [0.3, 0.4) is 0 Å². The quantitative estimate of drug-likeness (QED) is 0.277. The Morgan fingerprint density at radius 1 is 1.09 bits per heavy atom. The molecule has 0 saturated carbocycles. The van der Waals surface area contributed by atoms with E-state index in [1.807, 2.05) is 13.0 Å². The second-order valence-electron chi connectivity index (χ2n) is 7.10. The summed E-state index contributed by atoms with van der Waals surface area (Å²) in [4.78, 5) is 28.1. The van der Waals surface area contributed by atoms with Gasteiger partial charge in [-0.1, -0.05) is 41.4 Å². The molecule has 1 atom stereocenters. The number of esters is 1. The lowest BCUT2D eigenvalue weighted by Gasteiger charge is -2.11. The van der Waals surface area contributed by atoms with E-state index in [9.17, 15) is 24.9 Å². The zero-order chi connectivity index (χ0) is 23.3. The molecule has 0 bridgehead atoms. The molecular weight excluding hydrogens is 434 g/mol. The van der Waals surface area contributed by atoms with Gasteiger partial charge < -0.3 is 20.1 Å². The largest absolute Gasteiger partial charge is 0.508 e. The fraction of sp³-hybridized carbons (Fsp3) is 0.125.